The standard InChI is InChI=1S/C49H31N3/c1-2-12-36(13-3-1)49-50-46(35-22-19-33(20-23-35)38-24-21-32-10-4-5-14-37(32)30-38)43-28-31-18-26-41-40-16-8-9-17-44(40)52(45(41)29-31)48-39-15-7-6-11-34(39)25-27-42(48)47(43)51-49/h1-27,29-30H,28H2. The average Bonchev–Trinajstić information content (AvgIpc) is 3.55. The predicted octanol–water partition coefficient (Wildman–Crippen LogP) is 12.5. The first-order valence-corrected chi connectivity index (χ1v) is 17.9. The van der Waals surface area contributed by atoms with Crippen molar-refractivity contribution in [3.05, 3.63) is 187 Å². The van der Waals surface area contributed by atoms with Crippen molar-refractivity contribution in [2.45, 2.75) is 6.42 Å². The first-order chi connectivity index (χ1) is 25.8. The van der Waals surface area contributed by atoms with Gasteiger partial charge in [0.15, 0.2) is 5.82 Å². The van der Waals surface area contributed by atoms with Gasteiger partial charge in [0.2, 0.25) is 0 Å². The average molecular weight is 662 g/mol. The van der Waals surface area contributed by atoms with E-state index < -0.39 is 0 Å². The molecule has 0 N–H and O–H groups in total. The van der Waals surface area contributed by atoms with Gasteiger partial charge in [-0.25, -0.2) is 9.97 Å². The number of aromatic nitrogens is 3. The molecular weight excluding hydrogens is 631 g/mol. The highest BCUT2D eigenvalue weighted by atomic mass is 15.0. The molecule has 0 atom stereocenters. The Labute approximate surface area is 301 Å². The maximum Gasteiger partial charge on any atom is 0.160 e. The normalized spacial score (nSPS) is 12.2. The highest BCUT2D eigenvalue weighted by Gasteiger charge is 2.26. The van der Waals surface area contributed by atoms with Crippen LogP contribution in [0.4, 0.5) is 0 Å². The Hall–Kier alpha value is -6.84. The fourth-order valence-electron chi connectivity index (χ4n) is 8.28. The minimum absolute atomic E-state index is 0.704. The van der Waals surface area contributed by atoms with Gasteiger partial charge in [-0.1, -0.05) is 158 Å². The largest absolute Gasteiger partial charge is 0.308 e. The van der Waals surface area contributed by atoms with Crippen LogP contribution in [-0.4, -0.2) is 14.5 Å². The van der Waals surface area contributed by atoms with E-state index >= 15 is 0 Å². The topological polar surface area (TPSA) is 30.7 Å². The number of benzene rings is 8. The lowest BCUT2D eigenvalue weighted by Crippen LogP contribution is -2.06. The molecule has 0 saturated heterocycles. The van der Waals surface area contributed by atoms with Crippen LogP contribution in [0, 0.1) is 0 Å². The van der Waals surface area contributed by atoms with Crippen LogP contribution in [0.25, 0.3) is 94.1 Å². The molecule has 0 amide bonds. The zero-order valence-corrected chi connectivity index (χ0v) is 28.3. The Bertz CT molecular complexity index is 3030. The molecule has 11 rings (SSSR count). The predicted molar refractivity (Wildman–Crippen MR) is 216 cm³/mol. The second-order valence-electron chi connectivity index (χ2n) is 13.8. The summed E-state index contributed by atoms with van der Waals surface area (Å²) in [5.41, 5.74) is 13.4. The zero-order valence-electron chi connectivity index (χ0n) is 28.3. The van der Waals surface area contributed by atoms with E-state index in [9.17, 15) is 0 Å². The van der Waals surface area contributed by atoms with E-state index in [1.165, 1.54) is 60.0 Å². The molecule has 3 nitrogen and oxygen atoms in total. The summed E-state index contributed by atoms with van der Waals surface area (Å²) >= 11 is 0. The van der Waals surface area contributed by atoms with Crippen LogP contribution in [0.5, 0.6) is 0 Å². The van der Waals surface area contributed by atoms with Crippen LogP contribution in [0.2, 0.25) is 0 Å². The van der Waals surface area contributed by atoms with Crippen LogP contribution in [0.3, 0.4) is 0 Å². The molecule has 0 saturated carbocycles. The molecule has 242 valence electrons. The lowest BCUT2D eigenvalue weighted by atomic mass is 9.92. The molecule has 2 bridgehead atoms. The Kier molecular flexibility index (Phi) is 6.31. The Morgan fingerprint density at radius 2 is 1.06 bits per heavy atom. The molecule has 0 aliphatic carbocycles. The molecule has 3 heterocycles. The SMILES string of the molecule is c1ccc(-c2nc(-c3ccc(-c4ccc5ccccc5c4)cc3)c3c(n2)-c2ccc4ccccc4c2-n2c4ccccc4c4ccc(cc42)C3)cc1. The van der Waals surface area contributed by atoms with E-state index in [0.29, 0.717) is 6.42 Å². The summed E-state index contributed by atoms with van der Waals surface area (Å²) in [4.78, 5) is 10.9. The summed E-state index contributed by atoms with van der Waals surface area (Å²) in [7, 11) is 0. The molecule has 3 heteroatoms. The molecule has 8 aromatic carbocycles. The Morgan fingerprint density at radius 3 is 1.92 bits per heavy atom. The molecule has 1 aliphatic rings. The number of para-hydroxylation sites is 1. The number of rotatable bonds is 3. The lowest BCUT2D eigenvalue weighted by Gasteiger charge is -2.20. The molecule has 52 heavy (non-hydrogen) atoms. The first-order valence-electron chi connectivity index (χ1n) is 17.9. The fraction of sp³-hybridized carbons (Fsp3) is 0.0204. The summed E-state index contributed by atoms with van der Waals surface area (Å²) in [6.45, 7) is 0. The van der Waals surface area contributed by atoms with Crippen LogP contribution < -0.4 is 0 Å². The second-order valence-corrected chi connectivity index (χ2v) is 13.8. The highest BCUT2D eigenvalue weighted by Crippen LogP contribution is 2.44. The summed E-state index contributed by atoms with van der Waals surface area (Å²) in [6, 6.07) is 63.5. The van der Waals surface area contributed by atoms with Crippen molar-refractivity contribution in [2.24, 2.45) is 0 Å². The fourth-order valence-corrected chi connectivity index (χ4v) is 8.28. The summed E-state index contributed by atoms with van der Waals surface area (Å²) < 4.78 is 2.48. The van der Waals surface area contributed by atoms with E-state index in [0.717, 1.165) is 45.2 Å². The quantitative estimate of drug-likeness (QED) is 0.189. The van der Waals surface area contributed by atoms with Gasteiger partial charge in [-0.3, -0.25) is 0 Å². The Morgan fingerprint density at radius 1 is 0.404 bits per heavy atom. The van der Waals surface area contributed by atoms with Gasteiger partial charge in [0.05, 0.1) is 28.1 Å². The number of hydrogen-bond acceptors (Lipinski definition) is 2. The van der Waals surface area contributed by atoms with E-state index in [2.05, 4.69) is 174 Å². The van der Waals surface area contributed by atoms with Crippen molar-refractivity contribution in [2.75, 3.05) is 0 Å². The van der Waals surface area contributed by atoms with Gasteiger partial charge in [-0.15, -0.1) is 0 Å². The molecular formula is C49H31N3. The highest BCUT2D eigenvalue weighted by molar-refractivity contribution is 6.12. The Balaban J connectivity index is 1.21. The van der Waals surface area contributed by atoms with Gasteiger partial charge >= 0.3 is 0 Å². The van der Waals surface area contributed by atoms with Crippen molar-refractivity contribution in [3.8, 4) is 50.7 Å². The number of hydrogen-bond donors (Lipinski definition) is 0. The summed E-state index contributed by atoms with van der Waals surface area (Å²) in [5.74, 6) is 0.723. The van der Waals surface area contributed by atoms with E-state index in [4.69, 9.17) is 9.97 Å². The number of fused-ring (bicyclic) bond motifs is 11. The molecule has 10 aromatic rings. The molecule has 2 aromatic heterocycles. The van der Waals surface area contributed by atoms with E-state index in [1.807, 2.05) is 6.07 Å². The lowest BCUT2D eigenvalue weighted by molar-refractivity contribution is 1.09. The first kappa shape index (κ1) is 28.9. The molecule has 1 aliphatic heterocycles. The van der Waals surface area contributed by atoms with Crippen LogP contribution in [-0.2, 0) is 6.42 Å². The third kappa shape index (κ3) is 4.46. The third-order valence-corrected chi connectivity index (χ3v) is 10.8. The minimum atomic E-state index is 0.704. The van der Waals surface area contributed by atoms with Crippen molar-refractivity contribution in [1.82, 2.24) is 14.5 Å². The smallest absolute Gasteiger partial charge is 0.160 e. The van der Waals surface area contributed by atoms with Gasteiger partial charge in [0, 0.05) is 44.8 Å². The molecule has 0 spiro atoms. The monoisotopic (exact) mass is 661 g/mol. The third-order valence-electron chi connectivity index (χ3n) is 10.8. The molecule has 0 radical (unpaired) electrons. The second kappa shape index (κ2) is 11.3. The molecule has 0 fully saturated rings. The van der Waals surface area contributed by atoms with Crippen molar-refractivity contribution < 1.29 is 0 Å². The zero-order chi connectivity index (χ0) is 34.2. The van der Waals surface area contributed by atoms with Crippen LogP contribution >= 0.6 is 0 Å². The van der Waals surface area contributed by atoms with Gasteiger partial charge in [0.25, 0.3) is 0 Å². The van der Waals surface area contributed by atoms with Crippen LogP contribution in [0.15, 0.2) is 176 Å². The number of nitrogens with zero attached hydrogens (tertiary/aromatic N) is 3. The van der Waals surface area contributed by atoms with Crippen molar-refractivity contribution in [3.63, 3.8) is 0 Å². The van der Waals surface area contributed by atoms with Crippen molar-refractivity contribution >= 4 is 43.4 Å². The summed E-state index contributed by atoms with van der Waals surface area (Å²) in [5, 5.41) is 7.39. The van der Waals surface area contributed by atoms with Gasteiger partial charge < -0.3 is 4.57 Å². The molecule has 0 unspecified atom stereocenters. The maximum absolute atomic E-state index is 5.50. The van der Waals surface area contributed by atoms with E-state index in [1.54, 1.807) is 0 Å². The maximum atomic E-state index is 5.50. The van der Waals surface area contributed by atoms with Crippen LogP contribution in [0.1, 0.15) is 11.1 Å². The van der Waals surface area contributed by atoms with Crippen molar-refractivity contribution in [1.29, 1.82) is 0 Å². The van der Waals surface area contributed by atoms with Gasteiger partial charge in [-0.2, -0.15) is 0 Å². The van der Waals surface area contributed by atoms with Gasteiger partial charge in [-0.05, 0) is 51.0 Å². The summed E-state index contributed by atoms with van der Waals surface area (Å²) in [6.07, 6.45) is 0.704. The minimum Gasteiger partial charge on any atom is -0.308 e. The van der Waals surface area contributed by atoms with E-state index in [-0.39, 0.29) is 0 Å². The van der Waals surface area contributed by atoms with Gasteiger partial charge in [0.1, 0.15) is 0 Å².